The van der Waals surface area contributed by atoms with E-state index < -0.39 is 0 Å². The van der Waals surface area contributed by atoms with Crippen molar-refractivity contribution in [3.05, 3.63) is 63.5 Å². The summed E-state index contributed by atoms with van der Waals surface area (Å²) < 4.78 is 7.54. The van der Waals surface area contributed by atoms with Gasteiger partial charge in [0.2, 0.25) is 0 Å². The summed E-state index contributed by atoms with van der Waals surface area (Å²) in [6.07, 6.45) is 1.88. The van der Waals surface area contributed by atoms with Gasteiger partial charge in [-0.25, -0.2) is 0 Å². The molecule has 1 heterocycles. The Kier molecular flexibility index (Phi) is 8.88. The number of ether oxygens (including phenoxy) is 1. The van der Waals surface area contributed by atoms with Gasteiger partial charge in [0.25, 0.3) is 5.56 Å². The summed E-state index contributed by atoms with van der Waals surface area (Å²) in [5, 5.41) is 4.05. The van der Waals surface area contributed by atoms with Crippen LogP contribution in [0.2, 0.25) is 5.02 Å². The van der Waals surface area contributed by atoms with Crippen LogP contribution in [-0.4, -0.2) is 49.2 Å². The maximum absolute atomic E-state index is 11.9. The second kappa shape index (κ2) is 11.4. The van der Waals surface area contributed by atoms with Crippen LogP contribution >= 0.6 is 11.6 Å². The Morgan fingerprint density at radius 3 is 2.64 bits per heavy atom. The van der Waals surface area contributed by atoms with Gasteiger partial charge in [0.15, 0.2) is 5.96 Å². The van der Waals surface area contributed by atoms with Crippen molar-refractivity contribution in [1.82, 2.24) is 14.8 Å². The molecule has 152 valence electrons. The van der Waals surface area contributed by atoms with Gasteiger partial charge in [0.1, 0.15) is 12.4 Å². The monoisotopic (exact) mass is 404 g/mol. The van der Waals surface area contributed by atoms with Gasteiger partial charge in [-0.3, -0.25) is 9.79 Å². The predicted octanol–water partition coefficient (Wildman–Crippen LogP) is 3.18. The molecule has 0 fully saturated rings. The summed E-state index contributed by atoms with van der Waals surface area (Å²) in [6.45, 7) is 4.75. The molecule has 28 heavy (non-hydrogen) atoms. The summed E-state index contributed by atoms with van der Waals surface area (Å²) >= 11 is 5.87. The fraction of sp³-hybridized carbons (Fsp3) is 0.429. The van der Waals surface area contributed by atoms with E-state index in [0.29, 0.717) is 18.2 Å². The fourth-order valence-corrected chi connectivity index (χ4v) is 2.95. The van der Waals surface area contributed by atoms with Crippen LogP contribution < -0.4 is 15.6 Å². The average molecular weight is 405 g/mol. The molecule has 0 aliphatic heterocycles. The van der Waals surface area contributed by atoms with E-state index in [1.807, 2.05) is 53.8 Å². The maximum Gasteiger partial charge on any atom is 0.250 e. The highest BCUT2D eigenvalue weighted by molar-refractivity contribution is 6.30. The number of unbranched alkanes of at least 4 members (excludes halogenated alkanes) is 1. The predicted molar refractivity (Wildman–Crippen MR) is 116 cm³/mol. The molecule has 0 saturated carbocycles. The third-order valence-electron chi connectivity index (χ3n) is 4.44. The minimum Gasteiger partial charge on any atom is -0.492 e. The van der Waals surface area contributed by atoms with E-state index in [2.05, 4.69) is 10.3 Å². The first kappa shape index (κ1) is 21.8. The van der Waals surface area contributed by atoms with Gasteiger partial charge in [-0.1, -0.05) is 17.7 Å². The first-order chi connectivity index (χ1) is 13.5. The number of hydrogen-bond acceptors (Lipinski definition) is 3. The van der Waals surface area contributed by atoms with Crippen molar-refractivity contribution in [2.75, 3.05) is 33.8 Å². The van der Waals surface area contributed by atoms with Crippen molar-refractivity contribution in [3.8, 4) is 5.75 Å². The zero-order valence-corrected chi connectivity index (χ0v) is 17.6. The number of guanidine groups is 1. The molecule has 1 aromatic carbocycles. The van der Waals surface area contributed by atoms with Crippen LogP contribution in [0.25, 0.3) is 0 Å². The molecule has 0 atom stereocenters. The van der Waals surface area contributed by atoms with E-state index in [1.54, 1.807) is 19.2 Å². The fourth-order valence-electron chi connectivity index (χ4n) is 2.83. The number of halogens is 1. The third-order valence-corrected chi connectivity index (χ3v) is 4.69. The summed E-state index contributed by atoms with van der Waals surface area (Å²) in [6, 6.07) is 12.7. The highest BCUT2D eigenvalue weighted by Gasteiger charge is 2.06. The second-order valence-electron chi connectivity index (χ2n) is 6.56. The van der Waals surface area contributed by atoms with Crippen LogP contribution in [0.5, 0.6) is 5.75 Å². The third kappa shape index (κ3) is 6.93. The van der Waals surface area contributed by atoms with E-state index in [-0.39, 0.29) is 5.56 Å². The minimum absolute atomic E-state index is 0.0594. The maximum atomic E-state index is 11.9. The average Bonchev–Trinajstić information content (AvgIpc) is 2.68. The lowest BCUT2D eigenvalue weighted by atomic mass is 10.3. The molecule has 2 rings (SSSR count). The molecule has 0 unspecified atom stereocenters. The molecule has 0 amide bonds. The Bertz CT molecular complexity index is 818. The molecule has 7 heteroatoms. The number of hydrogen-bond donors (Lipinski definition) is 1. The van der Waals surface area contributed by atoms with Gasteiger partial charge < -0.3 is 19.5 Å². The lowest BCUT2D eigenvalue weighted by Crippen LogP contribution is -2.41. The number of pyridine rings is 1. The Balaban J connectivity index is 1.67. The van der Waals surface area contributed by atoms with Gasteiger partial charge in [0.05, 0.1) is 6.54 Å². The number of aliphatic imine (C=N–C) groups is 1. The van der Waals surface area contributed by atoms with Crippen molar-refractivity contribution < 1.29 is 4.74 Å². The lowest BCUT2D eigenvalue weighted by molar-refractivity contribution is 0.281. The molecule has 2 aromatic rings. The molecular weight excluding hydrogens is 376 g/mol. The second-order valence-corrected chi connectivity index (χ2v) is 7.00. The molecule has 0 spiro atoms. The summed E-state index contributed by atoms with van der Waals surface area (Å²) in [5.74, 6) is 1.62. The number of aryl methyl sites for hydroxylation is 1. The number of aromatic nitrogens is 1. The van der Waals surface area contributed by atoms with Gasteiger partial charge in [0, 0.05) is 44.0 Å². The Morgan fingerprint density at radius 1 is 1.21 bits per heavy atom. The zero-order chi connectivity index (χ0) is 20.4. The minimum atomic E-state index is 0.0594. The van der Waals surface area contributed by atoms with E-state index in [1.165, 1.54) is 0 Å². The van der Waals surface area contributed by atoms with E-state index in [4.69, 9.17) is 16.3 Å². The zero-order valence-electron chi connectivity index (χ0n) is 16.8. The molecule has 0 saturated heterocycles. The molecule has 0 radical (unpaired) electrons. The first-order valence-electron chi connectivity index (χ1n) is 9.48. The largest absolute Gasteiger partial charge is 0.492 e. The van der Waals surface area contributed by atoms with Crippen molar-refractivity contribution in [1.29, 1.82) is 0 Å². The van der Waals surface area contributed by atoms with E-state index in [9.17, 15) is 4.79 Å². The molecule has 1 aromatic heterocycles. The van der Waals surface area contributed by atoms with Gasteiger partial charge in [-0.05, 0) is 50.1 Å². The van der Waals surface area contributed by atoms with Crippen LogP contribution in [0.3, 0.4) is 0 Å². The molecule has 6 nitrogen and oxygen atoms in total. The van der Waals surface area contributed by atoms with Gasteiger partial charge in [-0.2, -0.15) is 0 Å². The molecule has 0 aliphatic carbocycles. The van der Waals surface area contributed by atoms with E-state index >= 15 is 0 Å². The Labute approximate surface area is 171 Å². The number of nitrogens with one attached hydrogen (secondary N) is 1. The van der Waals surface area contributed by atoms with Crippen LogP contribution in [0, 0.1) is 6.92 Å². The van der Waals surface area contributed by atoms with Gasteiger partial charge in [-0.15, -0.1) is 0 Å². The van der Waals surface area contributed by atoms with Crippen molar-refractivity contribution in [2.45, 2.75) is 26.3 Å². The smallest absolute Gasteiger partial charge is 0.250 e. The van der Waals surface area contributed by atoms with Gasteiger partial charge >= 0.3 is 0 Å². The number of benzene rings is 1. The molecule has 0 aliphatic rings. The normalized spacial score (nSPS) is 11.4. The lowest BCUT2D eigenvalue weighted by Gasteiger charge is -2.22. The first-order valence-corrected chi connectivity index (χ1v) is 9.85. The Hall–Kier alpha value is -2.47. The quantitative estimate of drug-likeness (QED) is 0.396. The van der Waals surface area contributed by atoms with Crippen molar-refractivity contribution in [2.24, 2.45) is 4.99 Å². The highest BCUT2D eigenvalue weighted by atomic mass is 35.5. The number of likely N-dealkylation sites (N-methyl/N-ethyl adjacent to an activating group) is 1. The summed E-state index contributed by atoms with van der Waals surface area (Å²) in [5.41, 5.74) is 1.06. The molecule has 1 N–H and O–H groups in total. The van der Waals surface area contributed by atoms with Crippen molar-refractivity contribution in [3.63, 3.8) is 0 Å². The van der Waals surface area contributed by atoms with Crippen LogP contribution in [0.4, 0.5) is 0 Å². The van der Waals surface area contributed by atoms with Crippen LogP contribution in [-0.2, 0) is 6.54 Å². The Morgan fingerprint density at radius 2 is 1.96 bits per heavy atom. The summed E-state index contributed by atoms with van der Waals surface area (Å²) in [4.78, 5) is 18.2. The number of nitrogens with zero attached hydrogens (tertiary/aromatic N) is 3. The van der Waals surface area contributed by atoms with Crippen LogP contribution in [0.15, 0.2) is 52.3 Å². The topological polar surface area (TPSA) is 58.9 Å². The highest BCUT2D eigenvalue weighted by Crippen LogP contribution is 2.15. The molecule has 0 bridgehead atoms. The molecular formula is C21H29ClN4O2. The SMILES string of the molecule is CN=C(NCCCCn1c(C)cccc1=O)N(C)CCOc1ccc(Cl)cc1. The number of rotatable bonds is 9. The van der Waals surface area contributed by atoms with Crippen molar-refractivity contribution >= 4 is 17.6 Å². The summed E-state index contributed by atoms with van der Waals surface area (Å²) in [7, 11) is 3.75. The van der Waals surface area contributed by atoms with E-state index in [0.717, 1.165) is 43.3 Å². The standard InChI is InChI=1S/C21H29ClN4O2/c1-17-7-6-8-20(27)26(17)14-5-4-13-24-21(23-2)25(3)15-16-28-19-11-9-18(22)10-12-19/h6-12H,4-5,13-16H2,1-3H3,(H,23,24). The van der Waals surface area contributed by atoms with Crippen LogP contribution in [0.1, 0.15) is 18.5 Å².